The summed E-state index contributed by atoms with van der Waals surface area (Å²) in [6, 6.07) is 0.274. The van der Waals surface area contributed by atoms with Crippen molar-refractivity contribution in [3.63, 3.8) is 0 Å². The summed E-state index contributed by atoms with van der Waals surface area (Å²) in [5.41, 5.74) is -0.884. The van der Waals surface area contributed by atoms with Crippen molar-refractivity contribution in [2.24, 2.45) is 0 Å². The maximum Gasteiger partial charge on any atom is 0.337 e. The minimum atomic E-state index is -0.884. The van der Waals surface area contributed by atoms with Crippen molar-refractivity contribution in [2.45, 2.75) is 18.1 Å². The molecule has 2 atom stereocenters. The highest BCUT2D eigenvalue weighted by Crippen LogP contribution is 2.31. The number of ether oxygens (including phenoxy) is 1. The van der Waals surface area contributed by atoms with Gasteiger partial charge in [0.1, 0.15) is 0 Å². The van der Waals surface area contributed by atoms with Gasteiger partial charge in [-0.15, -0.1) is 0 Å². The minimum Gasteiger partial charge on any atom is -0.479 e. The average Bonchev–Trinajstić information content (AvgIpc) is 2.45. The lowest BCUT2D eigenvalue weighted by Gasteiger charge is -2.21. The van der Waals surface area contributed by atoms with Gasteiger partial charge in [-0.05, 0) is 0 Å². The lowest BCUT2D eigenvalue weighted by atomic mass is 10.0. The van der Waals surface area contributed by atoms with Crippen LogP contribution in [0.4, 0.5) is 0 Å². The molecule has 2 bridgehead atoms. The van der Waals surface area contributed by atoms with E-state index in [4.69, 9.17) is 9.84 Å². The van der Waals surface area contributed by atoms with E-state index in [1.807, 2.05) is 0 Å². The van der Waals surface area contributed by atoms with Gasteiger partial charge in [-0.2, -0.15) is 0 Å². The van der Waals surface area contributed by atoms with Gasteiger partial charge in [0.15, 0.2) is 5.60 Å². The molecule has 2 rings (SSSR count). The van der Waals surface area contributed by atoms with E-state index in [9.17, 15) is 4.79 Å². The van der Waals surface area contributed by atoms with E-state index in [0.717, 1.165) is 0 Å². The van der Waals surface area contributed by atoms with Gasteiger partial charge in [0, 0.05) is 19.0 Å². The van der Waals surface area contributed by atoms with E-state index in [-0.39, 0.29) is 6.04 Å². The van der Waals surface area contributed by atoms with Crippen LogP contribution in [0.1, 0.15) is 6.42 Å². The Hall–Kier alpha value is -0.610. The Morgan fingerprint density at radius 3 is 2.80 bits per heavy atom. The highest BCUT2D eigenvalue weighted by Gasteiger charge is 2.52. The standard InChI is InChI=1S/C6H9NO3/c8-5(9)6-1-4(2-10-6)7-3-6/h4,7H,1-3H2,(H,8,9). The van der Waals surface area contributed by atoms with Crippen molar-refractivity contribution >= 4 is 5.97 Å². The van der Waals surface area contributed by atoms with E-state index < -0.39 is 11.6 Å². The zero-order valence-electron chi connectivity index (χ0n) is 5.46. The number of carbonyl (C=O) groups is 1. The largest absolute Gasteiger partial charge is 0.479 e. The van der Waals surface area contributed by atoms with E-state index in [0.29, 0.717) is 19.6 Å². The van der Waals surface area contributed by atoms with Crippen LogP contribution in [0.2, 0.25) is 0 Å². The Morgan fingerprint density at radius 1 is 1.80 bits per heavy atom. The molecule has 0 saturated carbocycles. The van der Waals surface area contributed by atoms with E-state index in [1.165, 1.54) is 0 Å². The van der Waals surface area contributed by atoms with Crippen LogP contribution >= 0.6 is 0 Å². The fraction of sp³-hybridized carbons (Fsp3) is 0.833. The smallest absolute Gasteiger partial charge is 0.337 e. The molecule has 0 aromatic rings. The third-order valence-electron chi connectivity index (χ3n) is 2.20. The van der Waals surface area contributed by atoms with Gasteiger partial charge in [0.05, 0.1) is 6.61 Å². The summed E-state index contributed by atoms with van der Waals surface area (Å²) in [6.45, 7) is 1.01. The van der Waals surface area contributed by atoms with Crippen molar-refractivity contribution in [3.05, 3.63) is 0 Å². The molecule has 10 heavy (non-hydrogen) atoms. The molecule has 0 aliphatic carbocycles. The van der Waals surface area contributed by atoms with Crippen LogP contribution in [-0.4, -0.2) is 35.9 Å². The van der Waals surface area contributed by atoms with Gasteiger partial charge in [-0.1, -0.05) is 0 Å². The number of morpholine rings is 1. The van der Waals surface area contributed by atoms with Gasteiger partial charge < -0.3 is 15.2 Å². The molecule has 56 valence electrons. The molecule has 0 aromatic heterocycles. The third-order valence-corrected chi connectivity index (χ3v) is 2.20. The first-order chi connectivity index (χ1) is 4.73. The van der Waals surface area contributed by atoms with E-state index in [2.05, 4.69) is 5.32 Å². The van der Waals surface area contributed by atoms with Crippen LogP contribution in [-0.2, 0) is 9.53 Å². The summed E-state index contributed by atoms with van der Waals surface area (Å²) in [5.74, 6) is -0.833. The molecule has 2 unspecified atom stereocenters. The van der Waals surface area contributed by atoms with E-state index >= 15 is 0 Å². The quantitative estimate of drug-likeness (QED) is 0.504. The number of hydrogen-bond donors (Lipinski definition) is 2. The number of carboxylic acids is 1. The SMILES string of the molecule is O=C(O)C12CNC(CO1)C2. The lowest BCUT2D eigenvalue weighted by molar-refractivity contribution is -0.159. The maximum atomic E-state index is 10.6. The molecule has 0 amide bonds. The first-order valence-electron chi connectivity index (χ1n) is 3.34. The predicted molar refractivity (Wildman–Crippen MR) is 32.7 cm³/mol. The van der Waals surface area contributed by atoms with Gasteiger partial charge in [0.2, 0.25) is 0 Å². The van der Waals surface area contributed by atoms with Crippen molar-refractivity contribution < 1.29 is 14.6 Å². The zero-order valence-corrected chi connectivity index (χ0v) is 5.46. The van der Waals surface area contributed by atoms with Crippen molar-refractivity contribution in [1.82, 2.24) is 5.32 Å². The van der Waals surface area contributed by atoms with Crippen LogP contribution in [0.25, 0.3) is 0 Å². The van der Waals surface area contributed by atoms with Crippen LogP contribution in [0.3, 0.4) is 0 Å². The summed E-state index contributed by atoms with van der Waals surface area (Å²) >= 11 is 0. The maximum absolute atomic E-state index is 10.6. The second kappa shape index (κ2) is 1.71. The van der Waals surface area contributed by atoms with Gasteiger partial charge in [-0.3, -0.25) is 0 Å². The fourth-order valence-corrected chi connectivity index (χ4v) is 1.56. The first-order valence-corrected chi connectivity index (χ1v) is 3.34. The molecule has 2 fully saturated rings. The van der Waals surface area contributed by atoms with Crippen LogP contribution in [0.5, 0.6) is 0 Å². The number of fused-ring (bicyclic) bond motifs is 2. The molecular weight excluding hydrogens is 134 g/mol. The van der Waals surface area contributed by atoms with Crippen molar-refractivity contribution in [2.75, 3.05) is 13.2 Å². The summed E-state index contributed by atoms with van der Waals surface area (Å²) in [7, 11) is 0. The molecule has 2 aliphatic rings. The number of hydrogen-bond acceptors (Lipinski definition) is 3. The van der Waals surface area contributed by atoms with Gasteiger partial charge in [0.25, 0.3) is 0 Å². The molecule has 2 N–H and O–H groups in total. The lowest BCUT2D eigenvalue weighted by Crippen LogP contribution is -2.45. The fourth-order valence-electron chi connectivity index (χ4n) is 1.56. The number of aliphatic carboxylic acids is 1. The molecule has 2 saturated heterocycles. The Kier molecular flexibility index (Phi) is 1.04. The van der Waals surface area contributed by atoms with Crippen LogP contribution < -0.4 is 5.32 Å². The molecule has 2 aliphatic heterocycles. The number of carboxylic acid groups (broad SMARTS) is 1. The van der Waals surface area contributed by atoms with Crippen molar-refractivity contribution in [1.29, 1.82) is 0 Å². The molecule has 0 spiro atoms. The Bertz CT molecular complexity index is 172. The van der Waals surface area contributed by atoms with Crippen LogP contribution in [0, 0.1) is 0 Å². The Balaban J connectivity index is 2.23. The molecule has 0 radical (unpaired) electrons. The first kappa shape index (κ1) is 6.12. The topological polar surface area (TPSA) is 58.6 Å². The number of rotatable bonds is 1. The highest BCUT2D eigenvalue weighted by atomic mass is 16.5. The van der Waals surface area contributed by atoms with Crippen molar-refractivity contribution in [3.8, 4) is 0 Å². The highest BCUT2D eigenvalue weighted by molar-refractivity contribution is 5.79. The Labute approximate surface area is 58.2 Å². The number of nitrogens with one attached hydrogen (secondary N) is 1. The summed E-state index contributed by atoms with van der Waals surface area (Å²) in [4.78, 5) is 10.6. The summed E-state index contributed by atoms with van der Waals surface area (Å²) in [5, 5.41) is 11.8. The summed E-state index contributed by atoms with van der Waals surface area (Å²) in [6.07, 6.45) is 0.627. The molecule has 4 heteroatoms. The van der Waals surface area contributed by atoms with E-state index in [1.54, 1.807) is 0 Å². The molecular formula is C6H9NO3. The molecule has 2 heterocycles. The Morgan fingerprint density at radius 2 is 2.60 bits per heavy atom. The normalized spacial score (nSPS) is 44.2. The molecule has 0 aromatic carbocycles. The average molecular weight is 143 g/mol. The third kappa shape index (κ3) is 0.602. The minimum absolute atomic E-state index is 0.274. The second-order valence-electron chi connectivity index (χ2n) is 2.89. The zero-order chi connectivity index (χ0) is 7.19. The predicted octanol–water partition coefficient (Wildman–Crippen LogP) is -0.798. The van der Waals surface area contributed by atoms with Gasteiger partial charge >= 0.3 is 5.97 Å². The summed E-state index contributed by atoms with van der Waals surface area (Å²) < 4.78 is 5.14. The second-order valence-corrected chi connectivity index (χ2v) is 2.89. The molecule has 4 nitrogen and oxygen atoms in total. The monoisotopic (exact) mass is 143 g/mol. The van der Waals surface area contributed by atoms with Crippen LogP contribution in [0.15, 0.2) is 0 Å². The van der Waals surface area contributed by atoms with Gasteiger partial charge in [-0.25, -0.2) is 4.79 Å².